The molecule has 2 N–H and O–H groups in total. The van der Waals surface area contributed by atoms with Gasteiger partial charge in [-0.15, -0.1) is 0 Å². The van der Waals surface area contributed by atoms with Crippen LogP contribution in [0.5, 0.6) is 0 Å². The molecule has 0 saturated carbocycles. The van der Waals surface area contributed by atoms with Crippen LogP contribution >= 0.6 is 0 Å². The first-order valence-corrected chi connectivity index (χ1v) is 11.3. The smallest absolute Gasteiger partial charge is 0.101 e. The van der Waals surface area contributed by atoms with Gasteiger partial charge in [0.05, 0.1) is 11.4 Å². The molecule has 2 heterocycles. The van der Waals surface area contributed by atoms with Crippen LogP contribution in [0.15, 0.2) is 121 Å². The molecular weight excluding hydrogens is 416 g/mol. The summed E-state index contributed by atoms with van der Waals surface area (Å²) in [4.78, 5) is 0. The highest BCUT2D eigenvalue weighted by Crippen LogP contribution is 2.46. The standard InChI is InChI=1S/C30H22N4/c1-5-13-21(14-6-1)27-25(28(32-31-27)22-15-7-2-8-16-22)26-29(23-17-9-3-10-18-23)33-34-30(26)24-19-11-4-12-20-24/h1-20H,(H,31,32)(H,33,34). The van der Waals surface area contributed by atoms with E-state index < -0.39 is 0 Å². The molecular formula is C30H22N4. The summed E-state index contributed by atoms with van der Waals surface area (Å²) in [6.07, 6.45) is 0. The van der Waals surface area contributed by atoms with Crippen LogP contribution in [0.3, 0.4) is 0 Å². The second-order valence-electron chi connectivity index (χ2n) is 8.11. The Kier molecular flexibility index (Phi) is 5.09. The van der Waals surface area contributed by atoms with E-state index in [0.29, 0.717) is 0 Å². The molecule has 162 valence electrons. The number of rotatable bonds is 5. The van der Waals surface area contributed by atoms with Gasteiger partial charge in [0.25, 0.3) is 0 Å². The molecule has 0 atom stereocenters. The third-order valence-electron chi connectivity index (χ3n) is 6.00. The minimum atomic E-state index is 0.898. The van der Waals surface area contributed by atoms with Gasteiger partial charge in [0, 0.05) is 33.4 Å². The zero-order valence-electron chi connectivity index (χ0n) is 18.4. The van der Waals surface area contributed by atoms with Crippen molar-refractivity contribution in [3.8, 4) is 56.2 Å². The second kappa shape index (κ2) is 8.68. The normalized spacial score (nSPS) is 10.9. The number of aromatic nitrogens is 4. The Morgan fingerprint density at radius 3 is 0.971 bits per heavy atom. The number of nitrogens with zero attached hydrogens (tertiary/aromatic N) is 2. The van der Waals surface area contributed by atoms with Crippen molar-refractivity contribution in [2.24, 2.45) is 0 Å². The number of H-pyrrole nitrogens is 2. The van der Waals surface area contributed by atoms with E-state index in [1.54, 1.807) is 0 Å². The monoisotopic (exact) mass is 438 g/mol. The van der Waals surface area contributed by atoms with E-state index in [1.807, 2.05) is 72.8 Å². The fraction of sp³-hybridized carbons (Fsp3) is 0. The highest BCUT2D eigenvalue weighted by molar-refractivity contribution is 6.01. The van der Waals surface area contributed by atoms with E-state index in [9.17, 15) is 0 Å². The van der Waals surface area contributed by atoms with Crippen LogP contribution in [0.25, 0.3) is 56.2 Å². The van der Waals surface area contributed by atoms with E-state index in [2.05, 4.69) is 58.7 Å². The summed E-state index contributed by atoms with van der Waals surface area (Å²) in [5, 5.41) is 16.3. The summed E-state index contributed by atoms with van der Waals surface area (Å²) >= 11 is 0. The van der Waals surface area contributed by atoms with E-state index >= 15 is 0 Å². The zero-order valence-corrected chi connectivity index (χ0v) is 18.4. The maximum Gasteiger partial charge on any atom is 0.101 e. The van der Waals surface area contributed by atoms with Crippen molar-refractivity contribution >= 4 is 0 Å². The van der Waals surface area contributed by atoms with Crippen molar-refractivity contribution in [1.29, 1.82) is 0 Å². The third kappa shape index (κ3) is 3.51. The molecule has 0 bridgehead atoms. The molecule has 2 aromatic heterocycles. The Bertz CT molecular complexity index is 1280. The second-order valence-corrected chi connectivity index (χ2v) is 8.11. The summed E-state index contributed by atoms with van der Waals surface area (Å²) in [7, 11) is 0. The topological polar surface area (TPSA) is 57.4 Å². The lowest BCUT2D eigenvalue weighted by Gasteiger charge is -2.11. The lowest BCUT2D eigenvalue weighted by Crippen LogP contribution is -1.90. The molecule has 6 rings (SSSR count). The summed E-state index contributed by atoms with van der Waals surface area (Å²) in [5.41, 5.74) is 10.0. The van der Waals surface area contributed by atoms with Crippen LogP contribution in [0.4, 0.5) is 0 Å². The number of nitrogens with one attached hydrogen (secondary N) is 2. The van der Waals surface area contributed by atoms with Gasteiger partial charge in [-0.25, -0.2) is 0 Å². The average Bonchev–Trinajstić information content (AvgIpc) is 3.55. The predicted octanol–water partition coefficient (Wildman–Crippen LogP) is 7.47. The van der Waals surface area contributed by atoms with Crippen molar-refractivity contribution in [3.05, 3.63) is 121 Å². The maximum atomic E-state index is 4.82. The van der Waals surface area contributed by atoms with Gasteiger partial charge in [-0.3, -0.25) is 10.2 Å². The molecule has 0 spiro atoms. The van der Waals surface area contributed by atoms with Crippen LogP contribution in [-0.2, 0) is 0 Å². The molecule has 0 saturated heterocycles. The Labute approximate surface area is 198 Å². The van der Waals surface area contributed by atoms with Crippen molar-refractivity contribution in [2.45, 2.75) is 0 Å². The summed E-state index contributed by atoms with van der Waals surface area (Å²) < 4.78 is 0. The minimum Gasteiger partial charge on any atom is -0.277 e. The van der Waals surface area contributed by atoms with Gasteiger partial charge in [-0.1, -0.05) is 121 Å². The van der Waals surface area contributed by atoms with Crippen LogP contribution in [0, 0.1) is 0 Å². The molecule has 0 aliphatic heterocycles. The van der Waals surface area contributed by atoms with Crippen LogP contribution in [0.2, 0.25) is 0 Å². The molecule has 0 fully saturated rings. The fourth-order valence-corrected chi connectivity index (χ4v) is 4.41. The Balaban J connectivity index is 1.70. The number of aromatic amines is 2. The van der Waals surface area contributed by atoms with Crippen LogP contribution < -0.4 is 0 Å². The van der Waals surface area contributed by atoms with Crippen molar-refractivity contribution in [2.75, 3.05) is 0 Å². The first-order chi connectivity index (χ1) is 16.9. The summed E-state index contributed by atoms with van der Waals surface area (Å²) in [6.45, 7) is 0. The third-order valence-corrected chi connectivity index (χ3v) is 6.00. The first-order valence-electron chi connectivity index (χ1n) is 11.3. The Morgan fingerprint density at radius 2 is 0.647 bits per heavy atom. The molecule has 4 aromatic carbocycles. The van der Waals surface area contributed by atoms with Gasteiger partial charge in [0.15, 0.2) is 0 Å². The molecule has 6 aromatic rings. The quantitative estimate of drug-likeness (QED) is 0.293. The summed E-state index contributed by atoms with van der Waals surface area (Å²) in [6, 6.07) is 41.3. The highest BCUT2D eigenvalue weighted by Gasteiger charge is 2.26. The van der Waals surface area contributed by atoms with Crippen molar-refractivity contribution < 1.29 is 0 Å². The average molecular weight is 439 g/mol. The molecule has 4 nitrogen and oxygen atoms in total. The lowest BCUT2D eigenvalue weighted by atomic mass is 9.90. The largest absolute Gasteiger partial charge is 0.277 e. The van der Waals surface area contributed by atoms with Gasteiger partial charge in [-0.05, 0) is 0 Å². The number of benzene rings is 4. The van der Waals surface area contributed by atoms with Crippen molar-refractivity contribution in [1.82, 2.24) is 20.4 Å². The van der Waals surface area contributed by atoms with E-state index in [1.165, 1.54) is 0 Å². The molecule has 34 heavy (non-hydrogen) atoms. The molecule has 4 heteroatoms. The van der Waals surface area contributed by atoms with E-state index in [-0.39, 0.29) is 0 Å². The van der Waals surface area contributed by atoms with Crippen molar-refractivity contribution in [3.63, 3.8) is 0 Å². The Hall–Kier alpha value is -4.70. The molecule has 0 radical (unpaired) electrons. The van der Waals surface area contributed by atoms with Gasteiger partial charge < -0.3 is 0 Å². The maximum absolute atomic E-state index is 4.82. The molecule has 0 unspecified atom stereocenters. The number of hydrogen-bond donors (Lipinski definition) is 2. The van der Waals surface area contributed by atoms with Gasteiger partial charge in [-0.2, -0.15) is 10.2 Å². The predicted molar refractivity (Wildman–Crippen MR) is 138 cm³/mol. The van der Waals surface area contributed by atoms with Gasteiger partial charge in [0.2, 0.25) is 0 Å². The van der Waals surface area contributed by atoms with Crippen LogP contribution in [0.1, 0.15) is 0 Å². The highest BCUT2D eigenvalue weighted by atomic mass is 15.1. The minimum absolute atomic E-state index is 0.898. The zero-order chi connectivity index (χ0) is 22.7. The Morgan fingerprint density at radius 1 is 0.353 bits per heavy atom. The fourth-order valence-electron chi connectivity index (χ4n) is 4.41. The van der Waals surface area contributed by atoms with E-state index in [4.69, 9.17) is 10.2 Å². The van der Waals surface area contributed by atoms with Crippen LogP contribution in [-0.4, -0.2) is 20.4 Å². The molecule has 0 amide bonds. The van der Waals surface area contributed by atoms with E-state index in [0.717, 1.165) is 56.2 Å². The number of hydrogen-bond acceptors (Lipinski definition) is 2. The molecule has 0 aliphatic rings. The SMILES string of the molecule is c1ccc(-c2n[nH]c(-c3ccccc3)c2-c2c(-c3ccccc3)n[nH]c2-c2ccccc2)cc1. The first kappa shape index (κ1) is 19.9. The van der Waals surface area contributed by atoms with Gasteiger partial charge in [0.1, 0.15) is 11.4 Å². The van der Waals surface area contributed by atoms with Gasteiger partial charge >= 0.3 is 0 Å². The lowest BCUT2D eigenvalue weighted by molar-refractivity contribution is 1.10. The molecule has 0 aliphatic carbocycles. The summed E-state index contributed by atoms with van der Waals surface area (Å²) in [5.74, 6) is 0.